The zero-order valence-electron chi connectivity index (χ0n) is 13.4. The van der Waals surface area contributed by atoms with Crippen molar-refractivity contribution in [1.29, 1.82) is 0 Å². The fraction of sp³-hybridized carbons (Fsp3) is 0.929. The molecule has 0 aliphatic rings. The Balaban J connectivity index is 3.66. The van der Waals surface area contributed by atoms with E-state index in [1.807, 2.05) is 20.8 Å². The summed E-state index contributed by atoms with van der Waals surface area (Å²) in [6.45, 7) is 9.86. The lowest BCUT2D eigenvalue weighted by Gasteiger charge is -2.21. The molecule has 0 aromatic rings. The Morgan fingerprint density at radius 1 is 1.30 bits per heavy atom. The van der Waals surface area contributed by atoms with Crippen LogP contribution in [0.1, 0.15) is 27.7 Å². The molecule has 0 fully saturated rings. The maximum Gasteiger partial charge on any atom is 0.239 e. The number of rotatable bonds is 11. The van der Waals surface area contributed by atoms with E-state index >= 15 is 0 Å². The number of hydrogen-bond donors (Lipinski definition) is 2. The molecule has 6 nitrogen and oxygen atoms in total. The number of likely N-dealkylation sites (N-methyl/N-ethyl adjacent to an activating group) is 1. The topological polar surface area (TPSA) is 71.0 Å². The van der Waals surface area contributed by atoms with Crippen LogP contribution in [0.3, 0.4) is 0 Å². The van der Waals surface area contributed by atoms with Crippen molar-refractivity contribution in [1.82, 2.24) is 10.2 Å². The van der Waals surface area contributed by atoms with Crippen molar-refractivity contribution in [2.45, 2.75) is 45.9 Å². The number of amides is 1. The molecule has 20 heavy (non-hydrogen) atoms. The van der Waals surface area contributed by atoms with Gasteiger partial charge in [0.15, 0.2) is 0 Å². The number of aliphatic hydroxyl groups is 1. The minimum atomic E-state index is -0.628. The summed E-state index contributed by atoms with van der Waals surface area (Å²) in [4.78, 5) is 13.4. The van der Waals surface area contributed by atoms with E-state index < -0.39 is 6.10 Å². The lowest BCUT2D eigenvalue weighted by atomic mass is 10.2. The van der Waals surface area contributed by atoms with E-state index in [-0.39, 0.29) is 24.7 Å². The number of carbonyl (C=O) groups excluding carboxylic acids is 1. The minimum Gasteiger partial charge on any atom is -0.389 e. The number of nitrogens with one attached hydrogen (secondary N) is 1. The summed E-state index contributed by atoms with van der Waals surface area (Å²) in [5.74, 6) is 0.0194. The highest BCUT2D eigenvalue weighted by atomic mass is 16.5. The average molecular weight is 290 g/mol. The predicted octanol–water partition coefficient (Wildman–Crippen LogP) is 0.245. The van der Waals surface area contributed by atoms with E-state index in [9.17, 15) is 9.90 Å². The fourth-order valence-corrected chi connectivity index (χ4v) is 1.51. The predicted molar refractivity (Wildman–Crippen MR) is 78.7 cm³/mol. The summed E-state index contributed by atoms with van der Waals surface area (Å²) in [6.07, 6.45) is -0.441. The van der Waals surface area contributed by atoms with Gasteiger partial charge in [-0.15, -0.1) is 0 Å². The highest BCUT2D eigenvalue weighted by Crippen LogP contribution is 1.93. The molecule has 0 spiro atoms. The molecule has 0 saturated carbocycles. The van der Waals surface area contributed by atoms with Crippen LogP contribution in [0.4, 0.5) is 0 Å². The second-order valence-electron chi connectivity index (χ2n) is 5.13. The summed E-state index contributed by atoms with van der Waals surface area (Å²) >= 11 is 0. The first kappa shape index (κ1) is 19.3. The Bertz CT molecular complexity index is 262. The van der Waals surface area contributed by atoms with Crippen molar-refractivity contribution in [2.24, 2.45) is 0 Å². The molecule has 1 amide bonds. The molecule has 6 heteroatoms. The van der Waals surface area contributed by atoms with Crippen molar-refractivity contribution in [3.8, 4) is 0 Å². The lowest BCUT2D eigenvalue weighted by Crippen LogP contribution is -2.46. The molecule has 0 aromatic heterocycles. The van der Waals surface area contributed by atoms with Crippen LogP contribution >= 0.6 is 0 Å². The first-order chi connectivity index (χ1) is 9.38. The van der Waals surface area contributed by atoms with Gasteiger partial charge in [-0.2, -0.15) is 0 Å². The van der Waals surface area contributed by atoms with Crippen LogP contribution in [-0.2, 0) is 14.3 Å². The third-order valence-electron chi connectivity index (χ3n) is 2.87. The molecular weight excluding hydrogens is 260 g/mol. The van der Waals surface area contributed by atoms with Crippen molar-refractivity contribution in [3.63, 3.8) is 0 Å². The van der Waals surface area contributed by atoms with E-state index in [0.717, 1.165) is 0 Å². The van der Waals surface area contributed by atoms with Gasteiger partial charge in [-0.05, 0) is 27.7 Å². The van der Waals surface area contributed by atoms with Crippen molar-refractivity contribution >= 4 is 5.91 Å². The van der Waals surface area contributed by atoms with Gasteiger partial charge in [0.2, 0.25) is 5.91 Å². The smallest absolute Gasteiger partial charge is 0.239 e. The van der Waals surface area contributed by atoms with Gasteiger partial charge in [0.25, 0.3) is 0 Å². The van der Waals surface area contributed by atoms with Crippen molar-refractivity contribution in [2.75, 3.05) is 40.0 Å². The molecular formula is C14H30N2O4. The fourth-order valence-electron chi connectivity index (χ4n) is 1.51. The Morgan fingerprint density at radius 3 is 2.50 bits per heavy atom. The number of nitrogens with zero attached hydrogens (tertiary/aromatic N) is 1. The van der Waals surface area contributed by atoms with Crippen LogP contribution in [0, 0.1) is 0 Å². The van der Waals surface area contributed by atoms with Crippen molar-refractivity contribution in [3.05, 3.63) is 0 Å². The summed E-state index contributed by atoms with van der Waals surface area (Å²) < 4.78 is 10.6. The highest BCUT2D eigenvalue weighted by molar-refractivity contribution is 5.81. The minimum absolute atomic E-state index is 0.0194. The number of hydrogen-bond acceptors (Lipinski definition) is 5. The van der Waals surface area contributed by atoms with Crippen LogP contribution in [0.2, 0.25) is 0 Å². The van der Waals surface area contributed by atoms with Gasteiger partial charge in [0.1, 0.15) is 0 Å². The number of carbonyl (C=O) groups is 1. The molecule has 2 unspecified atom stereocenters. The molecule has 0 aliphatic heterocycles. The standard InChI is InChI=1S/C14H30N2O4/c1-6-16(5)14(18)12(4)15-9-13(17)10-19-7-8-20-11(2)3/h11-13,15,17H,6-10H2,1-5H3. The van der Waals surface area contributed by atoms with Crippen LogP contribution in [0.5, 0.6) is 0 Å². The highest BCUT2D eigenvalue weighted by Gasteiger charge is 2.16. The third kappa shape index (κ3) is 9.25. The molecule has 2 atom stereocenters. The molecule has 0 aromatic carbocycles. The van der Waals surface area contributed by atoms with Crippen LogP contribution in [-0.4, -0.2) is 74.1 Å². The van der Waals surface area contributed by atoms with Crippen molar-refractivity contribution < 1.29 is 19.4 Å². The van der Waals surface area contributed by atoms with Gasteiger partial charge in [-0.3, -0.25) is 4.79 Å². The normalized spacial score (nSPS) is 14.3. The largest absolute Gasteiger partial charge is 0.389 e. The first-order valence-electron chi connectivity index (χ1n) is 7.24. The molecule has 0 rings (SSSR count). The monoisotopic (exact) mass is 290 g/mol. The maximum absolute atomic E-state index is 11.8. The van der Waals surface area contributed by atoms with E-state index in [4.69, 9.17) is 9.47 Å². The van der Waals surface area contributed by atoms with Gasteiger partial charge >= 0.3 is 0 Å². The van der Waals surface area contributed by atoms with Gasteiger partial charge in [0.05, 0.1) is 38.1 Å². The number of ether oxygens (including phenoxy) is 2. The van der Waals surface area contributed by atoms with Gasteiger partial charge < -0.3 is 24.8 Å². The Hall–Kier alpha value is -0.690. The first-order valence-corrected chi connectivity index (χ1v) is 7.24. The Kier molecular flexibility index (Phi) is 10.6. The van der Waals surface area contributed by atoms with Crippen LogP contribution in [0.25, 0.3) is 0 Å². The van der Waals surface area contributed by atoms with Gasteiger partial charge in [0, 0.05) is 20.1 Å². The SMILES string of the molecule is CCN(C)C(=O)C(C)NCC(O)COCCOC(C)C. The quantitative estimate of drug-likeness (QED) is 0.534. The lowest BCUT2D eigenvalue weighted by molar-refractivity contribution is -0.131. The summed E-state index contributed by atoms with van der Waals surface area (Å²) in [5, 5.41) is 12.7. The molecule has 0 bridgehead atoms. The van der Waals surface area contributed by atoms with E-state index in [2.05, 4.69) is 5.32 Å². The van der Waals surface area contributed by atoms with E-state index in [0.29, 0.717) is 26.3 Å². The third-order valence-corrected chi connectivity index (χ3v) is 2.87. The number of aliphatic hydroxyl groups excluding tert-OH is 1. The van der Waals surface area contributed by atoms with E-state index in [1.54, 1.807) is 18.9 Å². The Labute approximate surface area is 122 Å². The maximum atomic E-state index is 11.8. The zero-order valence-corrected chi connectivity index (χ0v) is 13.4. The molecule has 120 valence electrons. The molecule has 0 radical (unpaired) electrons. The summed E-state index contributed by atoms with van der Waals surface area (Å²) in [6, 6.07) is -0.307. The van der Waals surface area contributed by atoms with Crippen LogP contribution in [0.15, 0.2) is 0 Å². The second kappa shape index (κ2) is 11.0. The molecule has 0 aliphatic carbocycles. The van der Waals surface area contributed by atoms with Gasteiger partial charge in [-0.1, -0.05) is 0 Å². The second-order valence-corrected chi connectivity index (χ2v) is 5.13. The van der Waals surface area contributed by atoms with E-state index in [1.165, 1.54) is 0 Å². The summed E-state index contributed by atoms with van der Waals surface area (Å²) in [7, 11) is 1.76. The molecule has 0 heterocycles. The Morgan fingerprint density at radius 2 is 1.95 bits per heavy atom. The summed E-state index contributed by atoms with van der Waals surface area (Å²) in [5.41, 5.74) is 0. The average Bonchev–Trinajstić information content (AvgIpc) is 2.42. The molecule has 2 N–H and O–H groups in total. The van der Waals surface area contributed by atoms with Crippen LogP contribution < -0.4 is 5.32 Å². The molecule has 0 saturated heterocycles. The zero-order chi connectivity index (χ0) is 15.5. The van der Waals surface area contributed by atoms with Gasteiger partial charge in [-0.25, -0.2) is 0 Å².